The molecular formula is C27H61N3OSi. The lowest BCUT2D eigenvalue weighted by Gasteiger charge is -2.41. The van der Waals surface area contributed by atoms with Crippen LogP contribution in [0.4, 0.5) is 0 Å². The summed E-state index contributed by atoms with van der Waals surface area (Å²) in [5.41, 5.74) is 0.445. The summed E-state index contributed by atoms with van der Waals surface area (Å²) in [5, 5.41) is 0. The summed E-state index contributed by atoms with van der Waals surface area (Å²) in [6.45, 7) is 19.1. The van der Waals surface area contributed by atoms with Crippen molar-refractivity contribution in [3.05, 3.63) is 0 Å². The minimum absolute atomic E-state index is 0.445. The highest BCUT2D eigenvalue weighted by Gasteiger charge is 2.39. The number of hydrogen-bond acceptors (Lipinski definition) is 4. The van der Waals surface area contributed by atoms with Gasteiger partial charge >= 0.3 is 0 Å². The topological polar surface area (TPSA) is 19.0 Å². The molecule has 0 aromatic rings. The van der Waals surface area contributed by atoms with E-state index < -0.39 is 8.32 Å². The molecule has 0 amide bonds. The molecule has 5 heteroatoms. The maximum atomic E-state index is 6.25. The normalized spacial score (nSPS) is 14.6. The third kappa shape index (κ3) is 14.3. The molecule has 0 N–H and O–H groups in total. The highest BCUT2D eigenvalue weighted by atomic mass is 28.4. The van der Waals surface area contributed by atoms with Gasteiger partial charge in [0.1, 0.15) is 0 Å². The second-order valence-corrected chi connectivity index (χ2v) is 15.3. The molecule has 0 aromatic carbocycles. The molecular weight excluding hydrogens is 410 g/mol. The second-order valence-electron chi connectivity index (χ2n) is 10.9. The average Bonchev–Trinajstić information content (AvgIpc) is 2.74. The van der Waals surface area contributed by atoms with Crippen molar-refractivity contribution in [2.45, 2.75) is 104 Å². The summed E-state index contributed by atoms with van der Waals surface area (Å²) in [4.78, 5) is 7.59. The Morgan fingerprint density at radius 2 is 0.969 bits per heavy atom. The molecule has 0 fully saturated rings. The SMILES string of the molecule is CCCN(C)CCCC(CCCN(C)CCC)(CCCN(C)CCC)C[Si](C)(CC)OC. The van der Waals surface area contributed by atoms with Crippen LogP contribution in [0.1, 0.15) is 85.5 Å². The van der Waals surface area contributed by atoms with E-state index in [1.165, 1.54) is 109 Å². The zero-order valence-electron chi connectivity index (χ0n) is 23.8. The molecule has 0 aromatic heterocycles. The Bertz CT molecular complexity index is 386. The fraction of sp³-hybridized carbons (Fsp3) is 1.00. The van der Waals surface area contributed by atoms with Crippen molar-refractivity contribution in [2.75, 3.05) is 67.5 Å². The predicted octanol–water partition coefficient (Wildman–Crippen LogP) is 6.58. The second kappa shape index (κ2) is 18.4. The average molecular weight is 472 g/mol. The maximum Gasteiger partial charge on any atom is 0.189 e. The number of rotatable bonds is 22. The van der Waals surface area contributed by atoms with Crippen molar-refractivity contribution in [1.29, 1.82) is 0 Å². The smallest absolute Gasteiger partial charge is 0.189 e. The van der Waals surface area contributed by atoms with Gasteiger partial charge in [0, 0.05) is 7.11 Å². The van der Waals surface area contributed by atoms with Gasteiger partial charge in [-0.15, -0.1) is 0 Å². The third-order valence-corrected chi connectivity index (χ3v) is 11.5. The van der Waals surface area contributed by atoms with Crippen molar-refractivity contribution in [3.8, 4) is 0 Å². The van der Waals surface area contributed by atoms with Crippen LogP contribution < -0.4 is 0 Å². The Labute approximate surface area is 204 Å². The van der Waals surface area contributed by atoms with Gasteiger partial charge in [-0.2, -0.15) is 0 Å². The third-order valence-electron chi connectivity index (χ3n) is 7.55. The molecule has 0 radical (unpaired) electrons. The minimum Gasteiger partial charge on any atom is -0.420 e. The Morgan fingerprint density at radius 1 is 0.625 bits per heavy atom. The Kier molecular flexibility index (Phi) is 18.4. The molecule has 0 aliphatic rings. The summed E-state index contributed by atoms with van der Waals surface area (Å²) >= 11 is 0. The number of nitrogens with zero attached hydrogens (tertiary/aromatic N) is 3. The number of hydrogen-bond donors (Lipinski definition) is 0. The van der Waals surface area contributed by atoms with Crippen molar-refractivity contribution >= 4 is 8.32 Å². The monoisotopic (exact) mass is 471 g/mol. The van der Waals surface area contributed by atoms with Gasteiger partial charge in [-0.1, -0.05) is 27.7 Å². The highest BCUT2D eigenvalue weighted by molar-refractivity contribution is 6.72. The first-order valence-electron chi connectivity index (χ1n) is 13.8. The Balaban J connectivity index is 5.41. The van der Waals surface area contributed by atoms with Crippen LogP contribution in [0.2, 0.25) is 18.6 Å². The van der Waals surface area contributed by atoms with Crippen LogP contribution in [0.3, 0.4) is 0 Å². The molecule has 0 saturated carbocycles. The summed E-state index contributed by atoms with van der Waals surface area (Å²) in [6, 6.07) is 2.56. The van der Waals surface area contributed by atoms with Crippen molar-refractivity contribution in [2.24, 2.45) is 5.41 Å². The summed E-state index contributed by atoms with van der Waals surface area (Å²) in [7, 11) is 7.22. The zero-order valence-corrected chi connectivity index (χ0v) is 24.8. The molecule has 0 aliphatic heterocycles. The summed E-state index contributed by atoms with van der Waals surface area (Å²) in [6.07, 6.45) is 11.8. The van der Waals surface area contributed by atoms with Crippen molar-refractivity contribution in [3.63, 3.8) is 0 Å². The molecule has 194 valence electrons. The zero-order chi connectivity index (χ0) is 24.5. The van der Waals surface area contributed by atoms with E-state index in [0.29, 0.717) is 5.41 Å². The molecule has 32 heavy (non-hydrogen) atoms. The molecule has 1 atom stereocenters. The van der Waals surface area contributed by atoms with E-state index in [1.807, 2.05) is 7.11 Å². The molecule has 0 aliphatic carbocycles. The standard InChI is InChI=1S/C27H61N3OSi/c1-10-20-28(5)23-14-17-27(26-32(9,13-4)31-8,18-15-24-29(6)21-11-2)19-16-25-30(7)22-12-3/h10-26H2,1-9H3. The highest BCUT2D eigenvalue weighted by Crippen LogP contribution is 2.44. The van der Waals surface area contributed by atoms with Gasteiger partial charge < -0.3 is 19.1 Å². The van der Waals surface area contributed by atoms with Gasteiger partial charge in [0.05, 0.1) is 0 Å². The van der Waals surface area contributed by atoms with E-state index >= 15 is 0 Å². The van der Waals surface area contributed by atoms with Crippen LogP contribution in [-0.4, -0.2) is 90.5 Å². The molecule has 0 rings (SSSR count). The largest absolute Gasteiger partial charge is 0.420 e. The molecule has 0 heterocycles. The fourth-order valence-electron chi connectivity index (χ4n) is 5.43. The minimum atomic E-state index is -1.65. The molecule has 0 saturated heterocycles. The van der Waals surface area contributed by atoms with E-state index in [9.17, 15) is 0 Å². The first kappa shape index (κ1) is 32.1. The fourth-order valence-corrected chi connectivity index (χ4v) is 8.23. The lowest BCUT2D eigenvalue weighted by molar-refractivity contribution is 0.181. The van der Waals surface area contributed by atoms with Crippen molar-refractivity contribution < 1.29 is 4.43 Å². The molecule has 1 unspecified atom stereocenters. The van der Waals surface area contributed by atoms with E-state index in [-0.39, 0.29) is 0 Å². The van der Waals surface area contributed by atoms with Gasteiger partial charge in [-0.3, -0.25) is 0 Å². The van der Waals surface area contributed by atoms with Gasteiger partial charge in [0.15, 0.2) is 8.32 Å². The molecule has 0 spiro atoms. The van der Waals surface area contributed by atoms with Crippen LogP contribution in [0, 0.1) is 5.41 Å². The molecule has 0 bridgehead atoms. The maximum absolute atomic E-state index is 6.25. The lowest BCUT2D eigenvalue weighted by Crippen LogP contribution is -2.41. The first-order chi connectivity index (χ1) is 15.2. The van der Waals surface area contributed by atoms with Crippen LogP contribution in [0.25, 0.3) is 0 Å². The summed E-state index contributed by atoms with van der Waals surface area (Å²) in [5.74, 6) is 0. The Morgan fingerprint density at radius 3 is 1.22 bits per heavy atom. The van der Waals surface area contributed by atoms with Gasteiger partial charge in [0.25, 0.3) is 0 Å². The molecule has 4 nitrogen and oxygen atoms in total. The Hall–Kier alpha value is 0.0569. The van der Waals surface area contributed by atoms with Gasteiger partial charge in [0.2, 0.25) is 0 Å². The predicted molar refractivity (Wildman–Crippen MR) is 147 cm³/mol. The van der Waals surface area contributed by atoms with Crippen LogP contribution >= 0.6 is 0 Å². The van der Waals surface area contributed by atoms with Gasteiger partial charge in [-0.25, -0.2) is 0 Å². The van der Waals surface area contributed by atoms with Crippen molar-refractivity contribution in [1.82, 2.24) is 14.7 Å². The van der Waals surface area contributed by atoms with E-state index in [0.717, 1.165) is 0 Å². The summed E-state index contributed by atoms with van der Waals surface area (Å²) < 4.78 is 6.25. The lowest BCUT2D eigenvalue weighted by atomic mass is 9.76. The first-order valence-corrected chi connectivity index (χ1v) is 16.6. The van der Waals surface area contributed by atoms with E-state index in [2.05, 4.69) is 70.1 Å². The quantitative estimate of drug-likeness (QED) is 0.166. The van der Waals surface area contributed by atoms with Crippen LogP contribution in [0.15, 0.2) is 0 Å². The van der Waals surface area contributed by atoms with Crippen LogP contribution in [-0.2, 0) is 4.43 Å². The van der Waals surface area contributed by atoms with E-state index in [4.69, 9.17) is 4.43 Å². The van der Waals surface area contributed by atoms with Gasteiger partial charge in [-0.05, 0) is 142 Å². The van der Waals surface area contributed by atoms with Crippen LogP contribution in [0.5, 0.6) is 0 Å². The van der Waals surface area contributed by atoms with E-state index in [1.54, 1.807) is 0 Å².